The van der Waals surface area contributed by atoms with Crippen molar-refractivity contribution >= 4 is 11.9 Å². The number of rotatable bonds is 7. The highest BCUT2D eigenvalue weighted by Gasteiger charge is 2.30. The Morgan fingerprint density at radius 2 is 1.83 bits per heavy atom. The van der Waals surface area contributed by atoms with Gasteiger partial charge in [0.25, 0.3) is 0 Å². The topological polar surface area (TPSA) is 58.6 Å². The first-order valence-electron chi connectivity index (χ1n) is 7.58. The summed E-state index contributed by atoms with van der Waals surface area (Å²) in [4.78, 5) is 24.2. The highest BCUT2D eigenvalue weighted by Crippen LogP contribution is 2.28. The van der Waals surface area contributed by atoms with E-state index in [1.807, 2.05) is 43.9 Å². The molecule has 121 valence electrons. The van der Waals surface area contributed by atoms with E-state index in [-0.39, 0.29) is 18.2 Å². The highest BCUT2D eigenvalue weighted by atomic mass is 16.6. The molecular weight excluding hydrogens is 292 g/mol. The van der Waals surface area contributed by atoms with Gasteiger partial charge >= 0.3 is 6.09 Å². The minimum Gasteiger partial charge on any atom is -0.449 e. The van der Waals surface area contributed by atoms with Gasteiger partial charge in [-0.2, -0.15) is 0 Å². The number of hydrazine groups is 1. The maximum absolute atomic E-state index is 12.5. The van der Waals surface area contributed by atoms with E-state index in [0.717, 1.165) is 5.92 Å². The first-order valence-corrected chi connectivity index (χ1v) is 7.58. The van der Waals surface area contributed by atoms with Crippen LogP contribution in [0.3, 0.4) is 0 Å². The second-order valence-electron chi connectivity index (χ2n) is 5.15. The van der Waals surface area contributed by atoms with Gasteiger partial charge in [-0.3, -0.25) is 4.79 Å². The average Bonchev–Trinajstić information content (AvgIpc) is 3.09. The molecule has 0 saturated heterocycles. The van der Waals surface area contributed by atoms with Crippen LogP contribution in [0.5, 0.6) is 0 Å². The molecule has 1 aromatic rings. The van der Waals surface area contributed by atoms with Gasteiger partial charge in [0.05, 0.1) is 6.61 Å². The van der Waals surface area contributed by atoms with Crippen LogP contribution in [0.25, 0.3) is 0 Å². The van der Waals surface area contributed by atoms with Gasteiger partial charge in [-0.05, 0) is 32.6 Å². The zero-order chi connectivity index (χ0) is 16.7. The largest absolute Gasteiger partial charge is 0.449 e. The molecule has 1 saturated carbocycles. The zero-order valence-corrected chi connectivity index (χ0v) is 13.4. The summed E-state index contributed by atoms with van der Waals surface area (Å²) in [5.74, 6) is 0.965. The second-order valence-corrected chi connectivity index (χ2v) is 5.15. The van der Waals surface area contributed by atoms with Crippen molar-refractivity contribution < 1.29 is 14.3 Å². The van der Waals surface area contributed by atoms with Crippen LogP contribution in [0.2, 0.25) is 0 Å². The van der Waals surface area contributed by atoms with Crippen molar-refractivity contribution in [2.24, 2.45) is 0 Å². The van der Waals surface area contributed by atoms with Gasteiger partial charge in [-0.1, -0.05) is 30.3 Å². The minimum atomic E-state index is -0.476. The first kappa shape index (κ1) is 17.5. The lowest BCUT2D eigenvalue weighted by Gasteiger charge is -2.28. The van der Waals surface area contributed by atoms with Gasteiger partial charge in [0.15, 0.2) is 5.78 Å². The molecule has 0 aromatic heterocycles. The molecule has 2 rings (SSSR count). The van der Waals surface area contributed by atoms with Crippen LogP contribution in [-0.4, -0.2) is 36.6 Å². The predicted molar refractivity (Wildman–Crippen MR) is 87.5 cm³/mol. The van der Waals surface area contributed by atoms with Crippen LogP contribution in [0.4, 0.5) is 4.79 Å². The predicted octanol–water partition coefficient (Wildman–Crippen LogP) is 2.63. The molecule has 5 radical (unpaired) electrons. The van der Waals surface area contributed by atoms with Crippen molar-refractivity contribution in [1.82, 2.24) is 10.4 Å². The molecule has 5 nitrogen and oxygen atoms in total. The SMILES string of the molecule is CCOC(=O)N(C)NC(CC(=O)c1ccccc1)[C]1[CH][CH][CH][CH]1. The maximum atomic E-state index is 12.5. The van der Waals surface area contributed by atoms with Crippen molar-refractivity contribution in [2.75, 3.05) is 13.7 Å². The fourth-order valence-corrected chi connectivity index (χ4v) is 2.29. The lowest BCUT2D eigenvalue weighted by atomic mass is 9.92. The van der Waals surface area contributed by atoms with Crippen molar-refractivity contribution in [2.45, 2.75) is 19.4 Å². The van der Waals surface area contributed by atoms with Gasteiger partial charge in [-0.15, -0.1) is 0 Å². The van der Waals surface area contributed by atoms with Crippen LogP contribution < -0.4 is 5.43 Å². The molecule has 1 N–H and O–H groups in total. The van der Waals surface area contributed by atoms with Crippen molar-refractivity contribution in [1.29, 1.82) is 0 Å². The number of nitrogens with one attached hydrogen (secondary N) is 1. The first-order chi connectivity index (χ1) is 11.1. The van der Waals surface area contributed by atoms with E-state index in [4.69, 9.17) is 4.74 Å². The molecule has 1 amide bonds. The number of carbonyl (C=O) groups is 2. The van der Waals surface area contributed by atoms with Crippen LogP contribution in [-0.2, 0) is 4.74 Å². The second kappa shape index (κ2) is 8.67. The quantitative estimate of drug-likeness (QED) is 0.621. The summed E-state index contributed by atoms with van der Waals surface area (Å²) in [6.07, 6.45) is 7.43. The Bertz CT molecular complexity index is 512. The number of amides is 1. The number of ketones is 1. The summed E-state index contributed by atoms with van der Waals surface area (Å²) in [5.41, 5.74) is 3.70. The molecule has 1 aromatic carbocycles. The molecule has 23 heavy (non-hydrogen) atoms. The standard InChI is InChI=1S/C18H21N2O3/c1-3-23-18(22)20(2)19-16(14-9-7-8-10-14)13-17(21)15-11-5-4-6-12-15/h4-12,16,19H,3,13H2,1-2H3. The van der Waals surface area contributed by atoms with Gasteiger partial charge in [-0.25, -0.2) is 15.2 Å². The normalized spacial score (nSPS) is 16.1. The summed E-state index contributed by atoms with van der Waals surface area (Å²) >= 11 is 0. The number of hydrogen-bond donors (Lipinski definition) is 1. The monoisotopic (exact) mass is 313 g/mol. The number of carbonyl (C=O) groups excluding carboxylic acids is 2. The molecule has 0 spiro atoms. The van der Waals surface area contributed by atoms with E-state index in [2.05, 4.69) is 5.43 Å². The fraction of sp³-hybridized carbons (Fsp3) is 0.278. The fourth-order valence-electron chi connectivity index (χ4n) is 2.29. The van der Waals surface area contributed by atoms with E-state index in [1.165, 1.54) is 5.01 Å². The Balaban J connectivity index is 2.02. The summed E-state index contributed by atoms with van der Waals surface area (Å²) in [7, 11) is 1.58. The zero-order valence-electron chi connectivity index (χ0n) is 13.4. The molecule has 0 bridgehead atoms. The van der Waals surface area contributed by atoms with Gasteiger partial charge in [0, 0.05) is 31.0 Å². The van der Waals surface area contributed by atoms with Gasteiger partial charge in [0.1, 0.15) is 0 Å². The third-order valence-corrected chi connectivity index (χ3v) is 3.47. The van der Waals surface area contributed by atoms with Crippen LogP contribution >= 0.6 is 0 Å². The highest BCUT2D eigenvalue weighted by molar-refractivity contribution is 5.96. The molecule has 0 heterocycles. The van der Waals surface area contributed by atoms with E-state index in [9.17, 15) is 9.59 Å². The van der Waals surface area contributed by atoms with Gasteiger partial charge in [0.2, 0.25) is 0 Å². The lowest BCUT2D eigenvalue weighted by Crippen LogP contribution is -2.49. The third-order valence-electron chi connectivity index (χ3n) is 3.47. The maximum Gasteiger partial charge on any atom is 0.423 e. The van der Waals surface area contributed by atoms with Gasteiger partial charge < -0.3 is 4.74 Å². The summed E-state index contributed by atoms with van der Waals surface area (Å²) in [6.45, 7) is 2.05. The van der Waals surface area contributed by atoms with E-state index in [0.29, 0.717) is 12.2 Å². The summed E-state index contributed by atoms with van der Waals surface area (Å²) in [5, 5.41) is 1.28. The number of benzene rings is 1. The van der Waals surface area contributed by atoms with Crippen molar-refractivity contribution in [3.05, 3.63) is 67.5 Å². The van der Waals surface area contributed by atoms with E-state index >= 15 is 0 Å². The average molecular weight is 313 g/mol. The Kier molecular flexibility index (Phi) is 6.59. The molecule has 0 aliphatic heterocycles. The number of hydrogen-bond acceptors (Lipinski definition) is 4. The molecule has 1 fully saturated rings. The van der Waals surface area contributed by atoms with Crippen molar-refractivity contribution in [3.63, 3.8) is 0 Å². The number of nitrogens with zero attached hydrogens (tertiary/aromatic N) is 1. The summed E-state index contributed by atoms with van der Waals surface area (Å²) in [6, 6.07) is 8.83. The van der Waals surface area contributed by atoms with E-state index in [1.54, 1.807) is 26.1 Å². The Labute approximate surface area is 138 Å². The summed E-state index contributed by atoms with van der Waals surface area (Å²) < 4.78 is 4.95. The Morgan fingerprint density at radius 1 is 1.17 bits per heavy atom. The lowest BCUT2D eigenvalue weighted by molar-refractivity contribution is 0.0849. The molecule has 5 heteroatoms. The Hall–Kier alpha value is -1.88. The van der Waals surface area contributed by atoms with Crippen LogP contribution in [0, 0.1) is 31.6 Å². The molecular formula is C18H21N2O3. The van der Waals surface area contributed by atoms with Crippen LogP contribution in [0.15, 0.2) is 30.3 Å². The number of ether oxygens (including phenoxy) is 1. The number of Topliss-reactive ketones (excluding diaryl/α,β-unsaturated/α-hetero) is 1. The molecule has 1 aliphatic rings. The third kappa shape index (κ3) is 5.06. The van der Waals surface area contributed by atoms with E-state index < -0.39 is 6.09 Å². The Morgan fingerprint density at radius 3 is 2.43 bits per heavy atom. The molecule has 1 unspecified atom stereocenters. The van der Waals surface area contributed by atoms with Crippen molar-refractivity contribution in [3.8, 4) is 0 Å². The smallest absolute Gasteiger partial charge is 0.423 e. The molecule has 1 atom stereocenters. The van der Waals surface area contributed by atoms with Crippen LogP contribution in [0.1, 0.15) is 23.7 Å². The minimum absolute atomic E-state index is 0.0153. The molecule has 1 aliphatic carbocycles.